The number of aryl methyl sites for hydroxylation is 1. The predicted octanol–water partition coefficient (Wildman–Crippen LogP) is -0.679. The maximum Gasteiger partial charge on any atom is 0.237 e. The molecule has 1 aliphatic rings. The van der Waals surface area contributed by atoms with Gasteiger partial charge < -0.3 is 10.8 Å². The highest BCUT2D eigenvalue weighted by Crippen LogP contribution is 2.32. The first-order valence-electron chi connectivity index (χ1n) is 5.86. The summed E-state index contributed by atoms with van der Waals surface area (Å²) in [4.78, 5) is 11.4. The van der Waals surface area contributed by atoms with Crippen molar-refractivity contribution in [3.8, 4) is 0 Å². The van der Waals surface area contributed by atoms with Gasteiger partial charge in [-0.05, 0) is 0 Å². The molecule has 18 heavy (non-hydrogen) atoms. The van der Waals surface area contributed by atoms with Crippen molar-refractivity contribution in [1.29, 1.82) is 0 Å². The van der Waals surface area contributed by atoms with Gasteiger partial charge in [-0.1, -0.05) is 0 Å². The van der Waals surface area contributed by atoms with Crippen LogP contribution in [0.1, 0.15) is 18.4 Å². The Morgan fingerprint density at radius 3 is 3.00 bits per heavy atom. The van der Waals surface area contributed by atoms with Gasteiger partial charge in [0.2, 0.25) is 5.91 Å². The topological polar surface area (TPSA) is 93.2 Å². The fourth-order valence-corrected chi connectivity index (χ4v) is 2.16. The van der Waals surface area contributed by atoms with E-state index in [9.17, 15) is 14.3 Å². The largest absolute Gasteiger partial charge is 0.393 e. The van der Waals surface area contributed by atoms with Gasteiger partial charge in [-0.3, -0.25) is 14.8 Å². The lowest BCUT2D eigenvalue weighted by Gasteiger charge is -2.43. The molecule has 0 unspecified atom stereocenters. The summed E-state index contributed by atoms with van der Waals surface area (Å²) < 4.78 is 13.6. The SMILES string of the molecule is NC(=O)C1(NCc2cnn(CCF)c2)CC(O)C1. The van der Waals surface area contributed by atoms with E-state index < -0.39 is 24.2 Å². The Bertz CT molecular complexity index is 428. The van der Waals surface area contributed by atoms with E-state index in [-0.39, 0.29) is 6.54 Å². The number of amides is 1. The quantitative estimate of drug-likeness (QED) is 0.628. The number of aliphatic hydroxyl groups excluding tert-OH is 1. The zero-order valence-electron chi connectivity index (χ0n) is 9.97. The average Bonchev–Trinajstić information content (AvgIpc) is 2.71. The van der Waals surface area contributed by atoms with Gasteiger partial charge in [-0.25, -0.2) is 4.39 Å². The first-order chi connectivity index (χ1) is 8.55. The van der Waals surface area contributed by atoms with E-state index in [1.54, 1.807) is 12.4 Å². The number of carbonyl (C=O) groups excluding carboxylic acids is 1. The van der Waals surface area contributed by atoms with Crippen molar-refractivity contribution < 1.29 is 14.3 Å². The number of hydrogen-bond donors (Lipinski definition) is 3. The molecule has 4 N–H and O–H groups in total. The molecule has 1 aromatic heterocycles. The van der Waals surface area contributed by atoms with Gasteiger partial charge in [0, 0.05) is 31.1 Å². The summed E-state index contributed by atoms with van der Waals surface area (Å²) in [6.45, 7) is 0.174. The summed E-state index contributed by atoms with van der Waals surface area (Å²) in [5, 5.41) is 16.3. The lowest BCUT2D eigenvalue weighted by atomic mass is 9.73. The molecule has 1 aromatic rings. The van der Waals surface area contributed by atoms with E-state index in [0.717, 1.165) is 5.56 Å². The minimum absolute atomic E-state index is 0.222. The molecule has 2 rings (SSSR count). The van der Waals surface area contributed by atoms with Crippen LogP contribution in [0.25, 0.3) is 0 Å². The average molecular weight is 256 g/mol. The van der Waals surface area contributed by atoms with Crippen molar-refractivity contribution in [3.05, 3.63) is 18.0 Å². The molecule has 0 saturated heterocycles. The normalized spacial score (nSPS) is 26.9. The van der Waals surface area contributed by atoms with Crippen LogP contribution >= 0.6 is 0 Å². The van der Waals surface area contributed by atoms with E-state index in [1.165, 1.54) is 4.68 Å². The molecule has 0 atom stereocenters. The molecule has 0 aromatic carbocycles. The molecule has 0 bridgehead atoms. The number of nitrogens with two attached hydrogens (primary N) is 1. The van der Waals surface area contributed by atoms with Crippen molar-refractivity contribution in [1.82, 2.24) is 15.1 Å². The fourth-order valence-electron chi connectivity index (χ4n) is 2.16. The number of rotatable bonds is 6. The zero-order valence-corrected chi connectivity index (χ0v) is 9.97. The highest BCUT2D eigenvalue weighted by atomic mass is 19.1. The van der Waals surface area contributed by atoms with Gasteiger partial charge in [-0.2, -0.15) is 5.10 Å². The van der Waals surface area contributed by atoms with E-state index in [0.29, 0.717) is 19.4 Å². The molecule has 6 nitrogen and oxygen atoms in total. The summed E-state index contributed by atoms with van der Waals surface area (Å²) in [5.41, 5.74) is 5.36. The molecule has 100 valence electrons. The maximum absolute atomic E-state index is 12.1. The summed E-state index contributed by atoms with van der Waals surface area (Å²) >= 11 is 0. The van der Waals surface area contributed by atoms with Gasteiger partial charge in [0.1, 0.15) is 12.2 Å². The summed E-state index contributed by atoms with van der Waals surface area (Å²) in [7, 11) is 0. The third-order valence-corrected chi connectivity index (χ3v) is 3.27. The highest BCUT2D eigenvalue weighted by Gasteiger charge is 2.48. The summed E-state index contributed by atoms with van der Waals surface area (Å²) in [6, 6.07) is 0. The first-order valence-corrected chi connectivity index (χ1v) is 5.86. The maximum atomic E-state index is 12.1. The van der Waals surface area contributed by atoms with E-state index >= 15 is 0 Å². The summed E-state index contributed by atoms with van der Waals surface area (Å²) in [5.74, 6) is -0.455. The van der Waals surface area contributed by atoms with Crippen molar-refractivity contribution in [2.45, 2.75) is 37.6 Å². The van der Waals surface area contributed by atoms with Crippen LogP contribution in [-0.4, -0.2) is 39.1 Å². The van der Waals surface area contributed by atoms with Crippen molar-refractivity contribution >= 4 is 5.91 Å². The second-order valence-electron chi connectivity index (χ2n) is 4.66. The number of aliphatic hydroxyl groups is 1. The molecule has 1 amide bonds. The van der Waals surface area contributed by atoms with E-state index in [2.05, 4.69) is 10.4 Å². The lowest BCUT2D eigenvalue weighted by Crippen LogP contribution is -2.64. The van der Waals surface area contributed by atoms with Crippen molar-refractivity contribution in [3.63, 3.8) is 0 Å². The van der Waals surface area contributed by atoms with Gasteiger partial charge in [0.15, 0.2) is 0 Å². The van der Waals surface area contributed by atoms with Gasteiger partial charge >= 0.3 is 0 Å². The van der Waals surface area contributed by atoms with Crippen LogP contribution in [0, 0.1) is 0 Å². The molecule has 1 saturated carbocycles. The molecule has 0 aliphatic heterocycles. The molecule has 1 heterocycles. The third kappa shape index (κ3) is 2.51. The number of primary amides is 1. The van der Waals surface area contributed by atoms with E-state index in [1.807, 2.05) is 0 Å². The van der Waals surface area contributed by atoms with Gasteiger partial charge in [-0.15, -0.1) is 0 Å². The molecular weight excluding hydrogens is 239 g/mol. The van der Waals surface area contributed by atoms with Crippen LogP contribution < -0.4 is 11.1 Å². The van der Waals surface area contributed by atoms with Crippen LogP contribution in [0.5, 0.6) is 0 Å². The molecule has 0 spiro atoms. The molecule has 7 heteroatoms. The number of halogens is 1. The number of aromatic nitrogens is 2. The monoisotopic (exact) mass is 256 g/mol. The van der Waals surface area contributed by atoms with Crippen molar-refractivity contribution in [2.75, 3.05) is 6.67 Å². The smallest absolute Gasteiger partial charge is 0.237 e. The predicted molar refractivity (Wildman–Crippen MR) is 62.2 cm³/mol. The third-order valence-electron chi connectivity index (χ3n) is 3.27. The molecular formula is C11H17FN4O2. The van der Waals surface area contributed by atoms with Gasteiger partial charge in [0.05, 0.1) is 18.8 Å². The Morgan fingerprint density at radius 2 is 2.44 bits per heavy atom. The Kier molecular flexibility index (Phi) is 3.63. The standard InChI is InChI=1S/C11H17FN4O2/c12-1-2-16-7-8(6-15-16)5-14-11(10(13)18)3-9(17)4-11/h6-7,9,14,17H,1-5H2,(H2,13,18). The highest BCUT2D eigenvalue weighted by molar-refractivity contribution is 5.86. The Morgan fingerprint density at radius 1 is 1.72 bits per heavy atom. The Balaban J connectivity index is 1.91. The Hall–Kier alpha value is -1.47. The lowest BCUT2D eigenvalue weighted by molar-refractivity contribution is -0.133. The molecule has 1 fully saturated rings. The minimum atomic E-state index is -0.818. The van der Waals surface area contributed by atoms with Crippen LogP contribution in [-0.2, 0) is 17.9 Å². The van der Waals surface area contributed by atoms with Crippen LogP contribution in [0.3, 0.4) is 0 Å². The number of alkyl halides is 1. The second-order valence-corrected chi connectivity index (χ2v) is 4.66. The number of hydrogen-bond acceptors (Lipinski definition) is 4. The van der Waals surface area contributed by atoms with Crippen LogP contribution in [0.15, 0.2) is 12.4 Å². The molecule has 1 aliphatic carbocycles. The second kappa shape index (κ2) is 5.03. The fraction of sp³-hybridized carbons (Fsp3) is 0.636. The van der Waals surface area contributed by atoms with Crippen LogP contribution in [0.4, 0.5) is 4.39 Å². The number of carbonyl (C=O) groups is 1. The minimum Gasteiger partial charge on any atom is -0.393 e. The summed E-state index contributed by atoms with van der Waals surface area (Å²) in [6.07, 6.45) is 3.53. The Labute approximate surface area is 104 Å². The first kappa shape index (κ1) is 13.0. The molecule has 0 radical (unpaired) electrons. The van der Waals surface area contributed by atoms with Crippen molar-refractivity contribution in [2.24, 2.45) is 5.73 Å². The number of nitrogens with zero attached hydrogens (tertiary/aromatic N) is 2. The van der Waals surface area contributed by atoms with E-state index in [4.69, 9.17) is 5.73 Å². The van der Waals surface area contributed by atoms with Crippen LogP contribution in [0.2, 0.25) is 0 Å². The number of nitrogens with one attached hydrogen (secondary N) is 1. The van der Waals surface area contributed by atoms with Gasteiger partial charge in [0.25, 0.3) is 0 Å². The zero-order chi connectivity index (χ0) is 13.2.